The third-order valence-corrected chi connectivity index (χ3v) is 4.22. The van der Waals surface area contributed by atoms with E-state index in [9.17, 15) is 14.4 Å². The number of alkyl carbamates (subject to hydrolysis) is 1. The summed E-state index contributed by atoms with van der Waals surface area (Å²) in [4.78, 5) is 35.8. The van der Waals surface area contributed by atoms with Crippen molar-refractivity contribution in [3.05, 3.63) is 65.2 Å². The van der Waals surface area contributed by atoms with Crippen molar-refractivity contribution in [2.24, 2.45) is 0 Å². The Labute approximate surface area is 183 Å². The molecule has 7 heteroatoms. The second kappa shape index (κ2) is 11.2. The van der Waals surface area contributed by atoms with Crippen molar-refractivity contribution >= 4 is 23.6 Å². The predicted octanol–water partition coefficient (Wildman–Crippen LogP) is 3.71. The van der Waals surface area contributed by atoms with Gasteiger partial charge in [-0.1, -0.05) is 42.0 Å². The van der Waals surface area contributed by atoms with Crippen molar-refractivity contribution in [1.29, 1.82) is 0 Å². The fraction of sp³-hybridized carbons (Fsp3) is 0.375. The molecule has 166 valence electrons. The van der Waals surface area contributed by atoms with E-state index in [1.165, 1.54) is 5.56 Å². The van der Waals surface area contributed by atoms with Crippen molar-refractivity contribution in [3.63, 3.8) is 0 Å². The molecule has 0 spiro atoms. The van der Waals surface area contributed by atoms with Gasteiger partial charge in [0, 0.05) is 18.7 Å². The van der Waals surface area contributed by atoms with Gasteiger partial charge < -0.3 is 20.7 Å². The van der Waals surface area contributed by atoms with Crippen molar-refractivity contribution in [3.8, 4) is 0 Å². The maximum atomic E-state index is 12.3. The van der Waals surface area contributed by atoms with Gasteiger partial charge in [0.1, 0.15) is 12.1 Å². The van der Waals surface area contributed by atoms with E-state index in [-0.39, 0.29) is 24.9 Å². The van der Waals surface area contributed by atoms with Gasteiger partial charge in [-0.3, -0.25) is 9.59 Å². The van der Waals surface area contributed by atoms with Crippen LogP contribution in [0.5, 0.6) is 0 Å². The lowest BCUT2D eigenvalue weighted by atomic mass is 10.1. The molecule has 0 atom stereocenters. The zero-order chi connectivity index (χ0) is 22.9. The third kappa shape index (κ3) is 9.80. The average molecular weight is 426 g/mol. The Balaban J connectivity index is 1.76. The monoisotopic (exact) mass is 425 g/mol. The van der Waals surface area contributed by atoms with Gasteiger partial charge in [-0.25, -0.2) is 4.79 Å². The van der Waals surface area contributed by atoms with Crippen LogP contribution in [0.3, 0.4) is 0 Å². The minimum Gasteiger partial charge on any atom is -0.444 e. The molecule has 3 N–H and O–H groups in total. The van der Waals surface area contributed by atoms with Crippen molar-refractivity contribution < 1.29 is 19.1 Å². The number of rotatable bonds is 8. The number of hydrogen-bond donors (Lipinski definition) is 3. The molecule has 2 aromatic carbocycles. The molecule has 2 rings (SSSR count). The summed E-state index contributed by atoms with van der Waals surface area (Å²) >= 11 is 0. The summed E-state index contributed by atoms with van der Waals surface area (Å²) in [5, 5.41) is 8.03. The fourth-order valence-electron chi connectivity index (χ4n) is 2.84. The minimum atomic E-state index is -0.641. The largest absolute Gasteiger partial charge is 0.444 e. The van der Waals surface area contributed by atoms with Gasteiger partial charge >= 0.3 is 6.09 Å². The Morgan fingerprint density at radius 3 is 2.32 bits per heavy atom. The van der Waals surface area contributed by atoms with E-state index in [0.29, 0.717) is 18.5 Å². The SMILES string of the molecule is Cc1cccc(CCC(=O)Nc2cccc(CNC(=O)CNC(=O)OC(C)(C)C)c2)c1. The first kappa shape index (κ1) is 23.9. The molecule has 0 saturated heterocycles. The van der Waals surface area contributed by atoms with E-state index in [1.54, 1.807) is 26.8 Å². The molecule has 3 amide bonds. The molecule has 0 aliphatic rings. The molecule has 0 aromatic heterocycles. The van der Waals surface area contributed by atoms with Crippen LogP contribution in [-0.2, 0) is 27.3 Å². The van der Waals surface area contributed by atoms with E-state index in [2.05, 4.69) is 22.0 Å². The Morgan fingerprint density at radius 1 is 0.903 bits per heavy atom. The van der Waals surface area contributed by atoms with Crippen molar-refractivity contribution in [1.82, 2.24) is 10.6 Å². The van der Waals surface area contributed by atoms with E-state index in [1.807, 2.05) is 43.3 Å². The van der Waals surface area contributed by atoms with Crippen LogP contribution in [0.4, 0.5) is 10.5 Å². The third-order valence-electron chi connectivity index (χ3n) is 4.22. The average Bonchev–Trinajstić information content (AvgIpc) is 2.68. The number of carbonyl (C=O) groups is 3. The molecule has 0 aliphatic heterocycles. The van der Waals surface area contributed by atoms with E-state index < -0.39 is 11.7 Å². The normalized spacial score (nSPS) is 10.8. The first-order chi connectivity index (χ1) is 14.6. The van der Waals surface area contributed by atoms with E-state index in [0.717, 1.165) is 11.1 Å². The maximum absolute atomic E-state index is 12.3. The number of carbonyl (C=O) groups excluding carboxylic acids is 3. The Morgan fingerprint density at radius 2 is 1.61 bits per heavy atom. The number of ether oxygens (including phenoxy) is 1. The van der Waals surface area contributed by atoms with Crippen LogP contribution in [0.25, 0.3) is 0 Å². The van der Waals surface area contributed by atoms with Crippen LogP contribution in [0, 0.1) is 6.92 Å². The number of aryl methyl sites for hydroxylation is 2. The van der Waals surface area contributed by atoms with Crippen LogP contribution in [-0.4, -0.2) is 30.1 Å². The van der Waals surface area contributed by atoms with Crippen LogP contribution in [0.1, 0.15) is 43.9 Å². The Hall–Kier alpha value is -3.35. The molecule has 0 unspecified atom stereocenters. The summed E-state index contributed by atoms with van der Waals surface area (Å²) in [5.41, 5.74) is 3.20. The molecule has 0 heterocycles. The summed E-state index contributed by atoms with van der Waals surface area (Å²) in [6.07, 6.45) is 0.423. The van der Waals surface area contributed by atoms with Gasteiger partial charge in [0.2, 0.25) is 11.8 Å². The fourth-order valence-corrected chi connectivity index (χ4v) is 2.84. The summed E-state index contributed by atoms with van der Waals surface area (Å²) in [6.45, 7) is 7.39. The highest BCUT2D eigenvalue weighted by Gasteiger charge is 2.16. The van der Waals surface area contributed by atoms with Crippen LogP contribution in [0.15, 0.2) is 48.5 Å². The van der Waals surface area contributed by atoms with Gasteiger partial charge in [0.25, 0.3) is 0 Å². The van der Waals surface area contributed by atoms with Crippen molar-refractivity contribution in [2.45, 2.75) is 52.7 Å². The molecule has 0 aliphatic carbocycles. The molecule has 0 fully saturated rings. The highest BCUT2D eigenvalue weighted by molar-refractivity contribution is 5.91. The molecular weight excluding hydrogens is 394 g/mol. The second-order valence-corrected chi connectivity index (χ2v) is 8.37. The number of anilines is 1. The van der Waals surface area contributed by atoms with E-state index in [4.69, 9.17) is 4.74 Å². The molecule has 31 heavy (non-hydrogen) atoms. The number of amides is 3. The molecular formula is C24H31N3O4. The standard InChI is InChI=1S/C24H31N3O4/c1-17-7-5-8-18(13-17)11-12-21(28)27-20-10-6-9-19(14-20)15-25-22(29)16-26-23(30)31-24(2,3)4/h5-10,13-14H,11-12,15-16H2,1-4H3,(H,25,29)(H,26,30)(H,27,28). The zero-order valence-electron chi connectivity index (χ0n) is 18.6. The highest BCUT2D eigenvalue weighted by Crippen LogP contribution is 2.12. The predicted molar refractivity (Wildman–Crippen MR) is 121 cm³/mol. The summed E-state index contributed by atoms with van der Waals surface area (Å²) in [6, 6.07) is 15.4. The van der Waals surface area contributed by atoms with E-state index >= 15 is 0 Å². The second-order valence-electron chi connectivity index (χ2n) is 8.37. The molecule has 7 nitrogen and oxygen atoms in total. The Bertz CT molecular complexity index is 919. The number of benzene rings is 2. The maximum Gasteiger partial charge on any atom is 0.408 e. The van der Waals surface area contributed by atoms with Crippen LogP contribution < -0.4 is 16.0 Å². The quantitative estimate of drug-likeness (QED) is 0.601. The lowest BCUT2D eigenvalue weighted by Gasteiger charge is -2.19. The first-order valence-electron chi connectivity index (χ1n) is 10.3. The van der Waals surface area contributed by atoms with Gasteiger partial charge in [-0.05, 0) is 57.4 Å². The van der Waals surface area contributed by atoms with Crippen molar-refractivity contribution in [2.75, 3.05) is 11.9 Å². The summed E-state index contributed by atoms with van der Waals surface area (Å²) in [7, 11) is 0. The lowest BCUT2D eigenvalue weighted by Crippen LogP contribution is -2.39. The zero-order valence-corrected chi connectivity index (χ0v) is 18.6. The minimum absolute atomic E-state index is 0.0655. The lowest BCUT2D eigenvalue weighted by molar-refractivity contribution is -0.120. The summed E-state index contributed by atoms with van der Waals surface area (Å²) in [5.74, 6) is -0.400. The topological polar surface area (TPSA) is 96.5 Å². The Kier molecular flexibility index (Phi) is 8.61. The van der Waals surface area contributed by atoms with Gasteiger partial charge in [0.15, 0.2) is 0 Å². The highest BCUT2D eigenvalue weighted by atomic mass is 16.6. The van der Waals surface area contributed by atoms with Gasteiger partial charge in [0.05, 0.1) is 0 Å². The van der Waals surface area contributed by atoms with Crippen LogP contribution in [0.2, 0.25) is 0 Å². The van der Waals surface area contributed by atoms with Crippen LogP contribution >= 0.6 is 0 Å². The van der Waals surface area contributed by atoms with Gasteiger partial charge in [-0.15, -0.1) is 0 Å². The smallest absolute Gasteiger partial charge is 0.408 e. The summed E-state index contributed by atoms with van der Waals surface area (Å²) < 4.78 is 5.09. The molecule has 0 saturated carbocycles. The number of hydrogen-bond acceptors (Lipinski definition) is 4. The molecule has 2 aromatic rings. The van der Waals surface area contributed by atoms with Gasteiger partial charge in [-0.2, -0.15) is 0 Å². The first-order valence-corrected chi connectivity index (χ1v) is 10.3. The number of nitrogens with one attached hydrogen (secondary N) is 3. The molecule has 0 radical (unpaired) electrons. The molecule has 0 bridgehead atoms.